The lowest BCUT2D eigenvalue weighted by Crippen LogP contribution is -2.23. The Balaban J connectivity index is 2.68. The number of pyridine rings is 1. The van der Waals surface area contributed by atoms with Gasteiger partial charge in [-0.05, 0) is 25.0 Å². The smallest absolute Gasteiger partial charge is 0.0595 e. The average Bonchev–Trinajstić information content (AvgIpc) is 2.25. The zero-order valence-corrected chi connectivity index (χ0v) is 9.35. The van der Waals surface area contributed by atoms with Crippen LogP contribution in [0, 0.1) is 0 Å². The van der Waals surface area contributed by atoms with Crippen molar-refractivity contribution in [2.24, 2.45) is 5.73 Å². The topological polar surface area (TPSA) is 62.4 Å². The number of aliphatic hydroxyl groups excluding tert-OH is 1. The number of aromatic nitrogens is 1. The van der Waals surface area contributed by atoms with Gasteiger partial charge in [-0.25, -0.2) is 0 Å². The molecule has 84 valence electrons. The first-order chi connectivity index (χ1) is 7.15. The molecule has 0 aliphatic rings. The molecule has 1 unspecified atom stereocenters. The van der Waals surface area contributed by atoms with Crippen molar-refractivity contribution in [1.29, 1.82) is 0 Å². The monoisotopic (exact) mass is 209 g/mol. The molecular weight excluding hydrogens is 190 g/mol. The Morgan fingerprint density at radius 3 is 2.93 bits per heavy atom. The molecule has 1 atom stereocenters. The first kappa shape index (κ1) is 11.9. The Morgan fingerprint density at radius 2 is 2.33 bits per heavy atom. The Bertz CT molecular complexity index is 302. The van der Waals surface area contributed by atoms with Crippen molar-refractivity contribution in [2.45, 2.75) is 26.0 Å². The normalized spacial score (nSPS) is 12.5. The minimum absolute atomic E-state index is 0.273. The number of hydrogen-bond acceptors (Lipinski definition) is 4. The van der Waals surface area contributed by atoms with E-state index in [2.05, 4.69) is 9.88 Å². The highest BCUT2D eigenvalue weighted by molar-refractivity contribution is 5.50. The van der Waals surface area contributed by atoms with Crippen LogP contribution in [0.4, 0.5) is 5.69 Å². The van der Waals surface area contributed by atoms with Gasteiger partial charge < -0.3 is 15.7 Å². The number of nitrogens with zero attached hydrogens (tertiary/aromatic N) is 2. The van der Waals surface area contributed by atoms with Crippen molar-refractivity contribution in [3.8, 4) is 0 Å². The first-order valence-electron chi connectivity index (χ1n) is 5.17. The van der Waals surface area contributed by atoms with Crippen molar-refractivity contribution in [3.63, 3.8) is 0 Å². The van der Waals surface area contributed by atoms with Crippen LogP contribution in [0.1, 0.15) is 18.9 Å². The molecule has 0 saturated heterocycles. The summed E-state index contributed by atoms with van der Waals surface area (Å²) >= 11 is 0. The lowest BCUT2D eigenvalue weighted by Gasteiger charge is -2.22. The molecule has 0 bridgehead atoms. The van der Waals surface area contributed by atoms with Crippen molar-refractivity contribution >= 4 is 5.69 Å². The van der Waals surface area contributed by atoms with Crippen molar-refractivity contribution in [1.82, 2.24) is 4.98 Å². The highest BCUT2D eigenvalue weighted by Crippen LogP contribution is 2.17. The van der Waals surface area contributed by atoms with E-state index < -0.39 is 0 Å². The molecule has 1 rings (SSSR count). The maximum atomic E-state index is 9.21. The standard InChI is InChI=1S/C11H19N3O/c1-9(15)4-6-14(2)11-8-13-5-3-10(11)7-12/h3,5,8-9,15H,4,6-7,12H2,1-2H3. The van der Waals surface area contributed by atoms with Crippen LogP contribution in [0.3, 0.4) is 0 Å². The largest absolute Gasteiger partial charge is 0.393 e. The predicted octanol–water partition coefficient (Wildman–Crippen LogP) is 0.747. The van der Waals surface area contributed by atoms with Gasteiger partial charge in [0.05, 0.1) is 18.0 Å². The summed E-state index contributed by atoms with van der Waals surface area (Å²) in [6.45, 7) is 3.11. The fourth-order valence-corrected chi connectivity index (χ4v) is 1.43. The van der Waals surface area contributed by atoms with E-state index in [1.807, 2.05) is 19.3 Å². The molecule has 0 amide bonds. The summed E-state index contributed by atoms with van der Waals surface area (Å²) in [6, 6.07) is 1.92. The zero-order chi connectivity index (χ0) is 11.3. The quantitative estimate of drug-likeness (QED) is 0.751. The van der Waals surface area contributed by atoms with E-state index in [0.29, 0.717) is 6.54 Å². The lowest BCUT2D eigenvalue weighted by atomic mass is 10.2. The molecule has 0 radical (unpaired) electrons. The third-order valence-electron chi connectivity index (χ3n) is 2.40. The number of rotatable bonds is 5. The van der Waals surface area contributed by atoms with Crippen molar-refractivity contribution in [2.75, 3.05) is 18.5 Å². The van der Waals surface area contributed by atoms with Crippen molar-refractivity contribution < 1.29 is 5.11 Å². The summed E-state index contributed by atoms with van der Waals surface area (Å²) in [6.07, 6.45) is 4.03. The molecule has 0 aromatic carbocycles. The molecule has 4 heteroatoms. The summed E-state index contributed by atoms with van der Waals surface area (Å²) in [4.78, 5) is 6.15. The Labute approximate surface area is 90.7 Å². The summed E-state index contributed by atoms with van der Waals surface area (Å²) in [7, 11) is 1.98. The molecule has 1 aromatic rings. The molecular formula is C11H19N3O. The number of aliphatic hydroxyl groups is 1. The van der Waals surface area contributed by atoms with E-state index in [1.54, 1.807) is 13.1 Å². The van der Waals surface area contributed by atoms with Gasteiger partial charge in [0.1, 0.15) is 0 Å². The Hall–Kier alpha value is -1.13. The molecule has 0 spiro atoms. The molecule has 3 N–H and O–H groups in total. The van der Waals surface area contributed by atoms with Crippen LogP contribution in [0.15, 0.2) is 18.5 Å². The van der Waals surface area contributed by atoms with Crippen LogP contribution >= 0.6 is 0 Å². The molecule has 1 aromatic heterocycles. The van der Waals surface area contributed by atoms with Crippen LogP contribution in [0.25, 0.3) is 0 Å². The Morgan fingerprint density at radius 1 is 1.60 bits per heavy atom. The van der Waals surface area contributed by atoms with E-state index in [9.17, 15) is 5.11 Å². The van der Waals surface area contributed by atoms with E-state index in [1.165, 1.54) is 0 Å². The van der Waals surface area contributed by atoms with Crippen LogP contribution in [0.5, 0.6) is 0 Å². The summed E-state index contributed by atoms with van der Waals surface area (Å²) in [5.41, 5.74) is 7.76. The van der Waals surface area contributed by atoms with Gasteiger partial charge in [0.25, 0.3) is 0 Å². The second kappa shape index (κ2) is 5.68. The predicted molar refractivity (Wildman–Crippen MR) is 61.7 cm³/mol. The molecule has 0 aliphatic carbocycles. The van der Waals surface area contributed by atoms with Gasteiger partial charge in [-0.1, -0.05) is 0 Å². The van der Waals surface area contributed by atoms with Crippen LogP contribution < -0.4 is 10.6 Å². The number of nitrogens with two attached hydrogens (primary N) is 1. The minimum atomic E-state index is -0.273. The van der Waals surface area contributed by atoms with Crippen LogP contribution in [0.2, 0.25) is 0 Å². The van der Waals surface area contributed by atoms with Crippen LogP contribution in [-0.2, 0) is 6.54 Å². The van der Waals surface area contributed by atoms with E-state index >= 15 is 0 Å². The molecule has 0 fully saturated rings. The number of anilines is 1. The van der Waals surface area contributed by atoms with Gasteiger partial charge in [0, 0.05) is 26.3 Å². The van der Waals surface area contributed by atoms with Gasteiger partial charge in [-0.15, -0.1) is 0 Å². The highest BCUT2D eigenvalue weighted by atomic mass is 16.3. The first-order valence-corrected chi connectivity index (χ1v) is 5.17. The third kappa shape index (κ3) is 3.49. The fourth-order valence-electron chi connectivity index (χ4n) is 1.43. The van der Waals surface area contributed by atoms with Gasteiger partial charge in [-0.3, -0.25) is 4.98 Å². The molecule has 15 heavy (non-hydrogen) atoms. The summed E-state index contributed by atoms with van der Waals surface area (Å²) in [5.74, 6) is 0. The van der Waals surface area contributed by atoms with E-state index in [0.717, 1.165) is 24.2 Å². The molecule has 0 saturated carbocycles. The Kier molecular flexibility index (Phi) is 4.52. The summed E-state index contributed by atoms with van der Waals surface area (Å²) < 4.78 is 0. The summed E-state index contributed by atoms with van der Waals surface area (Å²) in [5, 5.41) is 9.21. The lowest BCUT2D eigenvalue weighted by molar-refractivity contribution is 0.187. The molecule has 0 aliphatic heterocycles. The SMILES string of the molecule is CC(O)CCN(C)c1cnccc1CN. The minimum Gasteiger partial charge on any atom is -0.393 e. The van der Waals surface area contributed by atoms with Crippen molar-refractivity contribution in [3.05, 3.63) is 24.0 Å². The van der Waals surface area contributed by atoms with Crippen LogP contribution in [-0.4, -0.2) is 29.8 Å². The highest BCUT2D eigenvalue weighted by Gasteiger charge is 2.07. The molecule has 1 heterocycles. The third-order valence-corrected chi connectivity index (χ3v) is 2.40. The van der Waals surface area contributed by atoms with Gasteiger partial charge in [-0.2, -0.15) is 0 Å². The van der Waals surface area contributed by atoms with E-state index in [4.69, 9.17) is 5.73 Å². The second-order valence-corrected chi connectivity index (χ2v) is 3.77. The number of hydrogen-bond donors (Lipinski definition) is 2. The van der Waals surface area contributed by atoms with E-state index in [-0.39, 0.29) is 6.10 Å². The van der Waals surface area contributed by atoms with Gasteiger partial charge in [0.15, 0.2) is 0 Å². The zero-order valence-electron chi connectivity index (χ0n) is 9.35. The average molecular weight is 209 g/mol. The second-order valence-electron chi connectivity index (χ2n) is 3.77. The maximum absolute atomic E-state index is 9.21. The maximum Gasteiger partial charge on any atom is 0.0595 e. The fraction of sp³-hybridized carbons (Fsp3) is 0.545. The van der Waals surface area contributed by atoms with Gasteiger partial charge in [0.2, 0.25) is 0 Å². The molecule has 4 nitrogen and oxygen atoms in total. The van der Waals surface area contributed by atoms with Gasteiger partial charge >= 0.3 is 0 Å².